The molecule has 3 aromatic rings. The third-order valence-corrected chi connectivity index (χ3v) is 10.9. The van der Waals surface area contributed by atoms with Crippen molar-refractivity contribution in [3.05, 3.63) is 35.4 Å². The zero-order valence-corrected chi connectivity index (χ0v) is 28.4. The van der Waals surface area contributed by atoms with Crippen LogP contribution in [0.15, 0.2) is 29.7 Å². The number of hydrogen-bond acceptors (Lipinski definition) is 10. The van der Waals surface area contributed by atoms with E-state index in [9.17, 15) is 24.3 Å². The van der Waals surface area contributed by atoms with E-state index in [1.54, 1.807) is 11.7 Å². The molecule has 1 saturated heterocycles. The minimum absolute atomic E-state index is 0.0360. The van der Waals surface area contributed by atoms with Gasteiger partial charge in [0.1, 0.15) is 40.2 Å². The van der Waals surface area contributed by atoms with Crippen LogP contribution >= 0.6 is 11.3 Å². The van der Waals surface area contributed by atoms with E-state index in [-0.39, 0.29) is 43.2 Å². The molecule has 15 heteroatoms. The number of carbonyl (C=O) groups is 4. The number of carbonyl (C=O) groups excluding carboxylic acids is 3. The van der Waals surface area contributed by atoms with Crippen molar-refractivity contribution < 1.29 is 33.8 Å². The maximum Gasteiger partial charge on any atom is 0.407 e. The van der Waals surface area contributed by atoms with E-state index in [2.05, 4.69) is 15.7 Å². The molecule has 0 radical (unpaired) electrons. The standard InChI is InChI=1S/C34H41N7O7S/c1-19-16-23(40(2)39-19)29-35-22-14-15-49-28(22)31(37-29)48-24-18-41-25(42)13-8-6-4-3-5-7-10-20-17-34(20,32(44)45)38-30(43)27(41)26(24)36-33(46)47-21-11-9-12-21/h7,10,14-16,20-21,24,26-27H,3-6,8-9,11-13,17-18H2,1-2H3,(H,36,46)(H,38,43)(H,44,45). The highest BCUT2D eigenvalue weighted by Gasteiger charge is 2.62. The summed E-state index contributed by atoms with van der Waals surface area (Å²) < 4.78 is 14.6. The van der Waals surface area contributed by atoms with E-state index in [0.717, 1.165) is 50.6 Å². The van der Waals surface area contributed by atoms with Crippen LogP contribution in [0.1, 0.15) is 69.9 Å². The maximum absolute atomic E-state index is 14.3. The van der Waals surface area contributed by atoms with E-state index in [4.69, 9.17) is 19.4 Å². The minimum atomic E-state index is -1.50. The fraction of sp³-hybridized carbons (Fsp3) is 0.559. The number of aryl methyl sites for hydroxylation is 2. The van der Waals surface area contributed by atoms with Gasteiger partial charge in [0.2, 0.25) is 17.7 Å². The number of aliphatic carboxylic acids is 1. The zero-order chi connectivity index (χ0) is 34.3. The molecule has 2 aliphatic carbocycles. The Morgan fingerprint density at radius 1 is 1.14 bits per heavy atom. The number of allylic oxidation sites excluding steroid dienone is 1. The first-order valence-corrected chi connectivity index (χ1v) is 17.9. The summed E-state index contributed by atoms with van der Waals surface area (Å²) in [7, 11) is 1.80. The Bertz CT molecular complexity index is 1800. The second-order valence-corrected chi connectivity index (χ2v) is 14.4. The molecule has 5 heterocycles. The van der Waals surface area contributed by atoms with E-state index in [1.165, 1.54) is 16.2 Å². The topological polar surface area (TPSA) is 178 Å². The van der Waals surface area contributed by atoms with Gasteiger partial charge in [0.15, 0.2) is 5.82 Å². The summed E-state index contributed by atoms with van der Waals surface area (Å²) in [5.41, 5.74) is 0.621. The third-order valence-electron chi connectivity index (χ3n) is 10.0. The Morgan fingerprint density at radius 3 is 2.69 bits per heavy atom. The van der Waals surface area contributed by atoms with Crippen molar-refractivity contribution in [3.8, 4) is 17.4 Å². The third kappa shape index (κ3) is 6.59. The van der Waals surface area contributed by atoms with Crippen LogP contribution in [0.5, 0.6) is 5.88 Å². The number of carboxylic acid groups (broad SMARTS) is 1. The number of ether oxygens (including phenoxy) is 2. The molecule has 7 rings (SSSR count). The summed E-state index contributed by atoms with van der Waals surface area (Å²) in [6, 6.07) is 1.40. The number of amides is 3. The molecule has 3 amide bonds. The number of rotatable bonds is 6. The molecular weight excluding hydrogens is 650 g/mol. The van der Waals surface area contributed by atoms with E-state index >= 15 is 0 Å². The molecule has 2 saturated carbocycles. The summed E-state index contributed by atoms with van der Waals surface area (Å²) >= 11 is 1.39. The highest BCUT2D eigenvalue weighted by molar-refractivity contribution is 7.17. The van der Waals surface area contributed by atoms with Crippen LogP contribution in [0.3, 0.4) is 0 Å². The summed E-state index contributed by atoms with van der Waals surface area (Å²) in [5, 5.41) is 22.2. The number of thiophene rings is 1. The summed E-state index contributed by atoms with van der Waals surface area (Å²) in [5.74, 6) is -1.84. The van der Waals surface area contributed by atoms with E-state index in [1.807, 2.05) is 36.6 Å². The van der Waals surface area contributed by atoms with Crippen LogP contribution in [-0.2, 0) is 26.2 Å². The number of aromatic nitrogens is 4. The minimum Gasteiger partial charge on any atom is -0.479 e. The lowest BCUT2D eigenvalue weighted by atomic mass is 9.96. The van der Waals surface area contributed by atoms with Gasteiger partial charge in [0.25, 0.3) is 0 Å². The molecular formula is C34H41N7O7S. The van der Waals surface area contributed by atoms with Crippen molar-refractivity contribution in [2.75, 3.05) is 6.54 Å². The van der Waals surface area contributed by atoms with Crippen molar-refractivity contribution in [2.24, 2.45) is 13.0 Å². The Kier molecular flexibility index (Phi) is 9.03. The van der Waals surface area contributed by atoms with Crippen molar-refractivity contribution in [2.45, 2.75) is 101 Å². The molecule has 0 aromatic carbocycles. The first kappa shape index (κ1) is 33.0. The Labute approximate surface area is 287 Å². The maximum atomic E-state index is 14.3. The molecule has 0 bridgehead atoms. The highest BCUT2D eigenvalue weighted by Crippen LogP contribution is 2.45. The lowest BCUT2D eigenvalue weighted by molar-refractivity contribution is -0.145. The van der Waals surface area contributed by atoms with Crippen molar-refractivity contribution in [1.29, 1.82) is 0 Å². The summed E-state index contributed by atoms with van der Waals surface area (Å²) in [6.07, 6.45) is 8.99. The molecule has 0 spiro atoms. The Balaban J connectivity index is 1.26. The molecule has 260 valence electrons. The molecule has 3 N–H and O–H groups in total. The van der Waals surface area contributed by atoms with E-state index in [0.29, 0.717) is 28.2 Å². The zero-order valence-electron chi connectivity index (χ0n) is 27.6. The predicted molar refractivity (Wildman–Crippen MR) is 179 cm³/mol. The van der Waals surface area contributed by atoms with Crippen LogP contribution in [0, 0.1) is 12.8 Å². The summed E-state index contributed by atoms with van der Waals surface area (Å²) in [4.78, 5) is 64.9. The number of nitrogens with one attached hydrogen (secondary N) is 2. The second kappa shape index (κ2) is 13.4. The molecule has 5 atom stereocenters. The summed E-state index contributed by atoms with van der Waals surface area (Å²) in [6.45, 7) is 1.84. The Morgan fingerprint density at radius 2 is 1.96 bits per heavy atom. The van der Waals surface area contributed by atoms with Crippen LogP contribution < -0.4 is 15.4 Å². The van der Waals surface area contributed by atoms with Crippen molar-refractivity contribution >= 4 is 45.4 Å². The van der Waals surface area contributed by atoms with Gasteiger partial charge in [-0.05, 0) is 69.4 Å². The number of alkyl carbamates (subject to hydrolysis) is 1. The average Bonchev–Trinajstić information content (AvgIpc) is 3.31. The first-order chi connectivity index (χ1) is 23.6. The van der Waals surface area contributed by atoms with Crippen molar-refractivity contribution in [3.63, 3.8) is 0 Å². The van der Waals surface area contributed by atoms with Gasteiger partial charge in [-0.2, -0.15) is 10.1 Å². The largest absolute Gasteiger partial charge is 0.479 e. The van der Waals surface area contributed by atoms with Gasteiger partial charge in [-0.3, -0.25) is 14.3 Å². The fourth-order valence-corrected chi connectivity index (χ4v) is 7.78. The monoisotopic (exact) mass is 691 g/mol. The molecule has 49 heavy (non-hydrogen) atoms. The lowest BCUT2D eigenvalue weighted by Crippen LogP contribution is -2.60. The van der Waals surface area contributed by atoms with Gasteiger partial charge in [0.05, 0.1) is 17.8 Å². The number of nitrogens with zero attached hydrogens (tertiary/aromatic N) is 5. The average molecular weight is 692 g/mol. The SMILES string of the molecule is Cc1cc(-c2nc(OC3CN4C(=O)CCCCCCC=CC5CC5(C(=O)O)NC(=O)C4C3NC(=O)OC3CCC3)c3sccc3n2)n(C)n1. The van der Waals surface area contributed by atoms with Gasteiger partial charge in [-0.15, -0.1) is 11.3 Å². The van der Waals surface area contributed by atoms with Crippen LogP contribution in [0.25, 0.3) is 21.7 Å². The fourth-order valence-electron chi connectivity index (χ4n) is 7.02. The first-order valence-electron chi connectivity index (χ1n) is 17.0. The predicted octanol–water partition coefficient (Wildman–Crippen LogP) is 3.88. The molecule has 5 unspecified atom stereocenters. The number of carboxylic acids is 1. The quantitative estimate of drug-likeness (QED) is 0.322. The molecule has 4 aliphatic rings. The van der Waals surface area contributed by atoms with Crippen LogP contribution in [0.4, 0.5) is 4.79 Å². The number of fused-ring (bicyclic) bond motifs is 3. The van der Waals surface area contributed by atoms with Gasteiger partial charge >= 0.3 is 12.1 Å². The van der Waals surface area contributed by atoms with Crippen molar-refractivity contribution in [1.82, 2.24) is 35.3 Å². The number of hydrogen-bond donors (Lipinski definition) is 3. The van der Waals surface area contributed by atoms with Gasteiger partial charge < -0.3 is 30.1 Å². The van der Waals surface area contributed by atoms with Gasteiger partial charge in [-0.25, -0.2) is 14.6 Å². The smallest absolute Gasteiger partial charge is 0.407 e. The van der Waals surface area contributed by atoms with Gasteiger partial charge in [0, 0.05) is 19.4 Å². The Hall–Kier alpha value is -4.53. The second-order valence-electron chi connectivity index (χ2n) is 13.5. The molecule has 14 nitrogen and oxygen atoms in total. The normalized spacial score (nSPS) is 27.7. The van der Waals surface area contributed by atoms with Crippen LogP contribution in [-0.4, -0.2) is 90.0 Å². The van der Waals surface area contributed by atoms with Crippen LogP contribution in [0.2, 0.25) is 0 Å². The molecule has 2 aliphatic heterocycles. The van der Waals surface area contributed by atoms with Gasteiger partial charge in [-0.1, -0.05) is 25.0 Å². The highest BCUT2D eigenvalue weighted by atomic mass is 32.1. The molecule has 3 aromatic heterocycles. The molecule has 3 fully saturated rings. The lowest BCUT2D eigenvalue weighted by Gasteiger charge is -2.30. The van der Waals surface area contributed by atoms with E-state index < -0.39 is 41.7 Å².